The second-order valence-electron chi connectivity index (χ2n) is 19.6. The van der Waals surface area contributed by atoms with Crippen molar-refractivity contribution in [3.63, 3.8) is 0 Å². The molecule has 0 unspecified atom stereocenters. The van der Waals surface area contributed by atoms with E-state index in [-0.39, 0.29) is 68.7 Å². The molecule has 2 heterocycles. The molecule has 2 aliphatic rings. The van der Waals surface area contributed by atoms with Gasteiger partial charge in [0.25, 0.3) is 0 Å². The molecule has 426 valence electrons. The van der Waals surface area contributed by atoms with Gasteiger partial charge in [-0.05, 0) is 73.4 Å². The smallest absolute Gasteiger partial charge is 0.327 e. The van der Waals surface area contributed by atoms with E-state index in [0.29, 0.717) is 28.7 Å². The second kappa shape index (κ2) is 30.4. The van der Waals surface area contributed by atoms with Gasteiger partial charge in [-0.2, -0.15) is 0 Å². The minimum Gasteiger partial charge on any atom is -0.508 e. The molecule has 0 radical (unpaired) electrons. The Hall–Kier alpha value is -7.96. The molecule has 80 heavy (non-hydrogen) atoms. The number of hydrogen-bond acceptors (Lipinski definition) is 14. The van der Waals surface area contributed by atoms with Crippen molar-refractivity contribution in [3.8, 4) is 5.75 Å². The largest absolute Gasteiger partial charge is 0.508 e. The van der Waals surface area contributed by atoms with Gasteiger partial charge in [-0.25, -0.2) is 4.79 Å². The van der Waals surface area contributed by atoms with E-state index in [1.807, 2.05) is 0 Å². The third-order valence-corrected chi connectivity index (χ3v) is 15.9. The molecular weight excluding hydrogens is 1070 g/mol. The van der Waals surface area contributed by atoms with Crippen molar-refractivity contribution in [2.24, 2.45) is 11.5 Å². The first-order chi connectivity index (χ1) is 38.3. The number of carbonyl (C=O) groups is 10. The summed E-state index contributed by atoms with van der Waals surface area (Å²) in [6.45, 7) is 1.48. The number of nitrogens with one attached hydrogen (secondary N) is 7. The summed E-state index contributed by atoms with van der Waals surface area (Å²) in [6.07, 6.45) is -0.324. The van der Waals surface area contributed by atoms with Gasteiger partial charge < -0.3 is 63.8 Å². The predicted molar refractivity (Wildman–Crippen MR) is 300 cm³/mol. The minimum absolute atomic E-state index is 0.0364. The number of amides is 9. The zero-order valence-corrected chi connectivity index (χ0v) is 45.7. The molecule has 4 aromatic rings. The molecule has 2 fully saturated rings. The number of phenolic OH excluding ortho intramolecular Hbond substituents is 1. The van der Waals surface area contributed by atoms with Gasteiger partial charge in [-0.3, -0.25) is 43.2 Å². The van der Waals surface area contributed by atoms with Gasteiger partial charge in [0, 0.05) is 43.7 Å². The lowest BCUT2D eigenvalue weighted by atomic mass is 10.0. The van der Waals surface area contributed by atoms with Crippen LogP contribution in [0.25, 0.3) is 0 Å². The molecule has 6 rings (SSSR count). The van der Waals surface area contributed by atoms with Crippen LogP contribution in [0.4, 0.5) is 0 Å². The Morgan fingerprint density at radius 2 is 1.20 bits per heavy atom. The molecule has 24 heteroatoms. The molecule has 4 aromatic carbocycles. The number of carboxylic acids is 1. The number of hydrogen-bond donors (Lipinski definition) is 11. The van der Waals surface area contributed by atoms with E-state index in [4.69, 9.17) is 11.5 Å². The van der Waals surface area contributed by atoms with Crippen molar-refractivity contribution in [1.29, 1.82) is 0 Å². The minimum atomic E-state index is -1.52. The molecule has 2 aliphatic heterocycles. The maximum absolute atomic E-state index is 14.6. The quantitative estimate of drug-likeness (QED) is 0.0643. The number of likely N-dealkylation sites (tertiary alicyclic amines) is 1. The Bertz CT molecular complexity index is 2800. The van der Waals surface area contributed by atoms with Crippen LogP contribution in [0.15, 0.2) is 115 Å². The Balaban J connectivity index is 1.27. The van der Waals surface area contributed by atoms with Crippen molar-refractivity contribution >= 4 is 80.7 Å². The topological polar surface area (TPSA) is 351 Å². The number of carbonyl (C=O) groups excluding carboxylic acids is 9. The number of carboxylic acid groups (broad SMARTS) is 1. The highest BCUT2D eigenvalue weighted by molar-refractivity contribution is 8.76. The van der Waals surface area contributed by atoms with Crippen LogP contribution in [-0.2, 0) is 73.6 Å². The normalized spacial score (nSPS) is 22.6. The zero-order valence-electron chi connectivity index (χ0n) is 44.0. The lowest BCUT2D eigenvalue weighted by Gasteiger charge is -2.31. The summed E-state index contributed by atoms with van der Waals surface area (Å²) in [4.78, 5) is 140. The van der Waals surface area contributed by atoms with Crippen molar-refractivity contribution in [3.05, 3.63) is 138 Å². The number of nitrogens with two attached hydrogens (primary N) is 2. The zero-order chi connectivity index (χ0) is 57.7. The third-order valence-electron chi connectivity index (χ3n) is 13.4. The molecule has 22 nitrogen and oxygen atoms in total. The van der Waals surface area contributed by atoms with Gasteiger partial charge in [0.15, 0.2) is 0 Å². The fraction of sp³-hybridized carbons (Fsp3) is 0.393. The van der Waals surface area contributed by atoms with E-state index in [2.05, 4.69) is 37.2 Å². The summed E-state index contributed by atoms with van der Waals surface area (Å²) in [5, 5.41) is 38.6. The van der Waals surface area contributed by atoms with E-state index < -0.39 is 120 Å². The average Bonchev–Trinajstić information content (AvgIpc) is 3.98. The number of aliphatic carboxylic acids is 1. The first kappa shape index (κ1) is 61.3. The Morgan fingerprint density at radius 3 is 1.79 bits per heavy atom. The van der Waals surface area contributed by atoms with Crippen molar-refractivity contribution in [1.82, 2.24) is 42.1 Å². The fourth-order valence-corrected chi connectivity index (χ4v) is 11.3. The summed E-state index contributed by atoms with van der Waals surface area (Å²) in [6, 6.07) is 20.6. The van der Waals surface area contributed by atoms with Crippen molar-refractivity contribution in [2.45, 2.75) is 119 Å². The van der Waals surface area contributed by atoms with E-state index in [1.54, 1.807) is 103 Å². The maximum atomic E-state index is 14.6. The van der Waals surface area contributed by atoms with Gasteiger partial charge in [-0.15, -0.1) is 0 Å². The van der Waals surface area contributed by atoms with Gasteiger partial charge in [0.2, 0.25) is 53.2 Å². The van der Waals surface area contributed by atoms with Crippen LogP contribution < -0.4 is 48.7 Å². The van der Waals surface area contributed by atoms with E-state index >= 15 is 0 Å². The summed E-state index contributed by atoms with van der Waals surface area (Å²) in [7, 11) is 2.17. The first-order valence-corrected chi connectivity index (χ1v) is 28.7. The number of benzene rings is 4. The van der Waals surface area contributed by atoms with Crippen molar-refractivity contribution in [2.75, 3.05) is 18.1 Å². The van der Waals surface area contributed by atoms with Crippen molar-refractivity contribution < 1.29 is 58.2 Å². The van der Waals surface area contributed by atoms with Gasteiger partial charge in [0.05, 0.1) is 6.04 Å². The highest BCUT2D eigenvalue weighted by Crippen LogP contribution is 2.25. The van der Waals surface area contributed by atoms with E-state index in [1.165, 1.54) is 24.0 Å². The molecule has 0 aliphatic carbocycles. The number of primary amides is 1. The molecule has 0 aromatic heterocycles. The number of nitrogens with zero attached hydrogens (tertiary/aromatic N) is 1. The number of rotatable bonds is 17. The molecule has 9 amide bonds. The summed E-state index contributed by atoms with van der Waals surface area (Å²) >= 11 is 0. The number of phenols is 1. The first-order valence-electron chi connectivity index (χ1n) is 26.2. The molecule has 2 saturated heterocycles. The second-order valence-corrected chi connectivity index (χ2v) is 22.2. The lowest BCUT2D eigenvalue weighted by molar-refractivity contribution is -0.142. The standard InChI is InChI=1S/C56H68N10O12S2/c1-33-48(69)62-43(30-35-14-7-3-8-15-35)53(74)65-45(56(77)78)32-80-79-27-25-41(51(72)60-40(23-24-47(58)68)50(71)63-42(52(73)59-33)29-34-12-5-2-6-13-34)61-54(75)46-18-11-26-66(46)55(76)44(31-36-16-9-4-10-17-36)64-49(70)39(57)28-37-19-21-38(67)22-20-37/h2-10,12-17,19-22,33,39-46,67H,11,18,23-32,57H2,1H3,(H2,58,68)(H,59,73)(H,60,72)(H,61,75)(H,62,69)(H,63,71)(H,64,70)(H,65,74)(H,77,78)/t33-,39-,40-,41+,42-,43-,44-,45-,46-/m0/s1. The molecular formula is C56H68N10O12S2. The van der Waals surface area contributed by atoms with Crippen LogP contribution in [0.5, 0.6) is 5.75 Å². The Morgan fingerprint density at radius 1 is 0.662 bits per heavy atom. The van der Waals surface area contributed by atoms with Gasteiger partial charge >= 0.3 is 5.97 Å². The molecule has 9 atom stereocenters. The average molecular weight is 1140 g/mol. The highest BCUT2D eigenvalue weighted by atomic mass is 33.1. The van der Waals surface area contributed by atoms with Crippen LogP contribution in [0.1, 0.15) is 61.3 Å². The summed E-state index contributed by atoms with van der Waals surface area (Å²) in [5.41, 5.74) is 14.5. The monoisotopic (exact) mass is 1140 g/mol. The van der Waals surface area contributed by atoms with Crippen LogP contribution >= 0.6 is 21.6 Å². The molecule has 0 bridgehead atoms. The lowest BCUT2D eigenvalue weighted by Crippen LogP contribution is -2.60. The SMILES string of the molecule is C[C@@H]1NC(=O)[C@H](Cc2ccccc2)NC(=O)[C@H](CCC(N)=O)NC(=O)[C@H](NC(=O)[C@@H]2CCCN2C(=O)[C@H](Cc2ccccc2)NC(=O)[C@@H](N)Cc2ccc(O)cc2)CCSSC[C@@H](C(=O)O)NC(=O)[C@H](Cc2ccccc2)NC1=O. The molecule has 0 saturated carbocycles. The van der Waals surface area contributed by atoms with Crippen LogP contribution in [0.3, 0.4) is 0 Å². The van der Waals surface area contributed by atoms with Crippen LogP contribution in [-0.4, -0.2) is 147 Å². The maximum Gasteiger partial charge on any atom is 0.327 e. The number of aromatic hydroxyl groups is 1. The third kappa shape index (κ3) is 18.9. The predicted octanol–water partition coefficient (Wildman–Crippen LogP) is 0.530. The highest BCUT2D eigenvalue weighted by Gasteiger charge is 2.40. The molecule has 13 N–H and O–H groups in total. The fourth-order valence-electron chi connectivity index (χ4n) is 9.03. The Labute approximate surface area is 470 Å². The van der Waals surface area contributed by atoms with Crippen LogP contribution in [0, 0.1) is 0 Å². The summed E-state index contributed by atoms with van der Waals surface area (Å²) < 4.78 is 0. The van der Waals surface area contributed by atoms with Gasteiger partial charge in [-0.1, -0.05) is 125 Å². The molecule has 0 spiro atoms. The van der Waals surface area contributed by atoms with Crippen LogP contribution in [0.2, 0.25) is 0 Å². The van der Waals surface area contributed by atoms with E-state index in [0.717, 1.165) is 21.6 Å². The Kier molecular flexibility index (Phi) is 23.3. The summed E-state index contributed by atoms with van der Waals surface area (Å²) in [5.74, 6) is -8.45. The van der Waals surface area contributed by atoms with E-state index in [9.17, 15) is 58.2 Å². The van der Waals surface area contributed by atoms with Gasteiger partial charge in [0.1, 0.15) is 54.1 Å².